The number of benzene rings is 3. The van der Waals surface area contributed by atoms with Gasteiger partial charge in [0, 0.05) is 49.3 Å². The summed E-state index contributed by atoms with van der Waals surface area (Å²) in [6, 6.07) is 15.8. The molecule has 67 heavy (non-hydrogen) atoms. The number of methoxy groups -OCH3 is 2. The summed E-state index contributed by atoms with van der Waals surface area (Å²) in [7, 11) is 4.49. The van der Waals surface area contributed by atoms with Crippen LogP contribution >= 0.6 is 23.2 Å². The number of fused-ring (bicyclic) bond motifs is 5. The number of aliphatic hydroxyl groups is 1. The first kappa shape index (κ1) is 45.3. The van der Waals surface area contributed by atoms with E-state index in [9.17, 15) is 32.7 Å². The fourth-order valence-electron chi connectivity index (χ4n) is 9.67. The van der Waals surface area contributed by atoms with Crippen molar-refractivity contribution in [2.45, 2.75) is 49.5 Å². The average molecular weight is 964 g/mol. The zero-order valence-electron chi connectivity index (χ0n) is 35.7. The number of nitrogens with zero attached hydrogens (tertiary/aromatic N) is 7. The molecule has 3 aromatic carbocycles. The molecule has 2 N–H and O–H groups in total. The third-order valence-corrected chi connectivity index (χ3v) is 13.2. The molecule has 0 bridgehead atoms. The number of hydrazine groups is 1. The van der Waals surface area contributed by atoms with Gasteiger partial charge in [-0.25, -0.2) is 33.5 Å². The van der Waals surface area contributed by atoms with Crippen molar-refractivity contribution in [2.75, 3.05) is 32.9 Å². The van der Waals surface area contributed by atoms with Gasteiger partial charge in [0.15, 0.2) is 17.3 Å². The van der Waals surface area contributed by atoms with Crippen molar-refractivity contribution in [2.24, 2.45) is 13.0 Å². The first-order valence-electron chi connectivity index (χ1n) is 20.7. The summed E-state index contributed by atoms with van der Waals surface area (Å²) in [6.45, 7) is -0.641. The molecule has 2 aliphatic heterocycles. The number of carbonyl (C=O) groups excluding carboxylic acids is 2. The minimum atomic E-state index is -4.79. The molecule has 2 fully saturated rings. The first-order valence-corrected chi connectivity index (χ1v) is 21.5. The van der Waals surface area contributed by atoms with Crippen LogP contribution in [-0.4, -0.2) is 77.8 Å². The van der Waals surface area contributed by atoms with Crippen LogP contribution in [0.1, 0.15) is 40.8 Å². The summed E-state index contributed by atoms with van der Waals surface area (Å²) in [4.78, 5) is 81.4. The van der Waals surface area contributed by atoms with Gasteiger partial charge in [0.1, 0.15) is 18.1 Å². The third-order valence-electron chi connectivity index (χ3n) is 12.7. The highest BCUT2D eigenvalue weighted by Gasteiger charge is 2.69. The number of ether oxygens (including phenoxy) is 3. The average Bonchev–Trinajstić information content (AvgIpc) is 3.68. The molecule has 1 aliphatic carbocycles. The molecule has 0 radical (unpaired) electrons. The standard InChI is InChI=1S/C45H39Cl2F3N8O9/c1-54-34-21-36(66-3)35(65-2)20-32(34)52-31(40(54)61)13-14-55-42(63)56-15-12-28-33(58(56)43(55)64)19-29-39(60)57(53-38-30(47)18-25(22-51-38)45(48,49)50)41(62)44(29,24-6-8-26(46)9-7-24)37(28)23-4-10-27(11-5-23)67-17-16-59/h4-12,18,20-22,29,33,37,59H,13-17,19H2,1-3H3,(H,51,53). The van der Waals surface area contributed by atoms with Gasteiger partial charge in [0.05, 0.1) is 66.4 Å². The zero-order chi connectivity index (χ0) is 47.7. The number of aliphatic hydroxyl groups excluding tert-OH is 1. The number of aryl methyl sites for hydroxylation is 2. The molecule has 6 aromatic rings. The molecular weight excluding hydrogens is 924 g/mol. The molecular formula is C45H39Cl2F3N8O9. The third kappa shape index (κ3) is 7.33. The van der Waals surface area contributed by atoms with Crippen molar-refractivity contribution in [3.05, 3.63) is 148 Å². The fourth-order valence-corrected chi connectivity index (χ4v) is 10.0. The topological polar surface area (TPSA) is 194 Å². The van der Waals surface area contributed by atoms with Crippen LogP contribution < -0.4 is 36.6 Å². The molecule has 22 heteroatoms. The van der Waals surface area contributed by atoms with Crippen molar-refractivity contribution in [1.29, 1.82) is 0 Å². The Morgan fingerprint density at radius 3 is 2.30 bits per heavy atom. The Balaban J connectivity index is 1.16. The van der Waals surface area contributed by atoms with Crippen LogP contribution in [0.25, 0.3) is 11.0 Å². The Labute approximate surface area is 387 Å². The quantitative estimate of drug-likeness (QED) is 0.123. The highest BCUT2D eigenvalue weighted by Crippen LogP contribution is 2.62. The number of hydrogen-bond acceptors (Lipinski definition) is 12. The van der Waals surface area contributed by atoms with E-state index in [1.807, 2.05) is 0 Å². The second-order valence-electron chi connectivity index (χ2n) is 16.1. The van der Waals surface area contributed by atoms with Gasteiger partial charge in [-0.1, -0.05) is 53.5 Å². The molecule has 1 saturated heterocycles. The fraction of sp³-hybridized carbons (Fsp3) is 0.311. The summed E-state index contributed by atoms with van der Waals surface area (Å²) < 4.78 is 62.1. The molecule has 348 valence electrons. The minimum absolute atomic E-state index is 0.00609. The highest BCUT2D eigenvalue weighted by molar-refractivity contribution is 6.33. The number of rotatable bonds is 12. The van der Waals surface area contributed by atoms with E-state index in [0.717, 1.165) is 4.57 Å². The molecule has 4 atom stereocenters. The second kappa shape index (κ2) is 17.1. The Morgan fingerprint density at radius 2 is 1.64 bits per heavy atom. The number of alkyl halides is 3. The van der Waals surface area contributed by atoms with E-state index in [1.165, 1.54) is 28.2 Å². The number of allylic oxidation sites excluding steroid dienone is 2. The Hall–Kier alpha value is -6.90. The van der Waals surface area contributed by atoms with Crippen LogP contribution in [-0.2, 0) is 47.7 Å². The zero-order valence-corrected chi connectivity index (χ0v) is 37.2. The Morgan fingerprint density at radius 1 is 0.940 bits per heavy atom. The summed E-state index contributed by atoms with van der Waals surface area (Å²) in [5, 5.41) is 9.89. The number of anilines is 1. The van der Waals surface area contributed by atoms with Gasteiger partial charge in [-0.15, -0.1) is 0 Å². The summed E-state index contributed by atoms with van der Waals surface area (Å²) in [5.74, 6) is -3.21. The molecule has 3 aromatic heterocycles. The second-order valence-corrected chi connectivity index (χ2v) is 17.0. The number of carbonyl (C=O) groups is 2. The molecule has 2 amide bonds. The van der Waals surface area contributed by atoms with Gasteiger partial charge in [-0.3, -0.25) is 19.8 Å². The largest absolute Gasteiger partial charge is 0.493 e. The number of nitrogens with one attached hydrogen (secondary N) is 1. The van der Waals surface area contributed by atoms with E-state index in [0.29, 0.717) is 67.3 Å². The highest BCUT2D eigenvalue weighted by atomic mass is 35.5. The Bertz CT molecular complexity index is 3200. The molecule has 3 aliphatic rings. The number of pyridine rings is 1. The molecule has 5 heterocycles. The van der Waals surface area contributed by atoms with Gasteiger partial charge >= 0.3 is 17.6 Å². The van der Waals surface area contributed by atoms with E-state index >= 15 is 9.59 Å². The van der Waals surface area contributed by atoms with Crippen LogP contribution in [0.4, 0.5) is 19.0 Å². The predicted octanol–water partition coefficient (Wildman–Crippen LogP) is 5.03. The van der Waals surface area contributed by atoms with Crippen LogP contribution in [0.5, 0.6) is 17.2 Å². The van der Waals surface area contributed by atoms with Crippen molar-refractivity contribution in [1.82, 2.24) is 33.5 Å². The summed E-state index contributed by atoms with van der Waals surface area (Å²) >= 11 is 12.7. The monoisotopic (exact) mass is 962 g/mol. The number of aromatic nitrogens is 6. The van der Waals surface area contributed by atoms with Crippen molar-refractivity contribution >= 4 is 51.9 Å². The maximum atomic E-state index is 15.5. The number of amides is 2. The van der Waals surface area contributed by atoms with Crippen molar-refractivity contribution in [3.8, 4) is 17.2 Å². The summed E-state index contributed by atoms with van der Waals surface area (Å²) in [5.41, 5.74) is 0.0522. The van der Waals surface area contributed by atoms with E-state index in [-0.39, 0.29) is 44.8 Å². The predicted molar refractivity (Wildman–Crippen MR) is 237 cm³/mol. The first-order chi connectivity index (χ1) is 32.0. The lowest BCUT2D eigenvalue weighted by atomic mass is 9.53. The van der Waals surface area contributed by atoms with Crippen molar-refractivity contribution < 1.29 is 42.1 Å². The lowest BCUT2D eigenvalue weighted by Crippen LogP contribution is -2.53. The molecule has 17 nitrogen and oxygen atoms in total. The van der Waals surface area contributed by atoms with Crippen molar-refractivity contribution in [3.63, 3.8) is 0 Å². The molecule has 9 rings (SSSR count). The van der Waals surface area contributed by atoms with Crippen LogP contribution in [0.3, 0.4) is 0 Å². The van der Waals surface area contributed by atoms with Crippen LogP contribution in [0.2, 0.25) is 10.0 Å². The smallest absolute Gasteiger partial charge is 0.417 e. The van der Waals surface area contributed by atoms with Crippen LogP contribution in [0, 0.1) is 5.92 Å². The normalized spacial score (nSPS) is 20.0. The lowest BCUT2D eigenvalue weighted by molar-refractivity contribution is -0.139. The van der Waals surface area contributed by atoms with Gasteiger partial charge < -0.3 is 23.9 Å². The minimum Gasteiger partial charge on any atom is -0.493 e. The van der Waals surface area contributed by atoms with E-state index < -0.39 is 74.6 Å². The van der Waals surface area contributed by atoms with E-state index in [2.05, 4.69) is 15.4 Å². The van der Waals surface area contributed by atoms with Gasteiger partial charge in [-0.2, -0.15) is 18.2 Å². The van der Waals surface area contributed by atoms with E-state index in [1.54, 1.807) is 73.8 Å². The number of hydrogen-bond donors (Lipinski definition) is 2. The molecule has 4 unspecified atom stereocenters. The van der Waals surface area contributed by atoms with Gasteiger partial charge in [0.25, 0.3) is 17.4 Å². The number of imide groups is 1. The SMILES string of the molecule is COc1cc2nc(CCn3c(=O)n4n(c3=O)C3CC5C(=O)N(Nc6ncc(C(F)(F)F)cc6Cl)C(=O)C5(c5ccc(Cl)cc5)C(c5ccc(OCCO)cc5)C3=CC4)c(=O)n(C)c2cc1OC. The van der Waals surface area contributed by atoms with Gasteiger partial charge in [0.2, 0.25) is 0 Å². The Kier molecular flexibility index (Phi) is 11.5. The van der Waals surface area contributed by atoms with Crippen LogP contribution in [0.15, 0.2) is 99.0 Å². The summed E-state index contributed by atoms with van der Waals surface area (Å²) in [6.07, 6.45) is -2.85. The lowest BCUT2D eigenvalue weighted by Gasteiger charge is -2.49. The molecule has 0 spiro atoms. The number of halogens is 5. The maximum absolute atomic E-state index is 15.5. The van der Waals surface area contributed by atoms with E-state index in [4.69, 9.17) is 37.4 Å². The molecule has 1 saturated carbocycles. The maximum Gasteiger partial charge on any atom is 0.417 e. The van der Waals surface area contributed by atoms with Gasteiger partial charge in [-0.05, 0) is 53.5 Å².